The number of benzene rings is 1. The fourth-order valence-corrected chi connectivity index (χ4v) is 3.21. The second-order valence-corrected chi connectivity index (χ2v) is 6.82. The maximum absolute atomic E-state index is 11.9. The Bertz CT molecular complexity index is 803. The Balaban J connectivity index is 1.43. The molecule has 0 fully saturated rings. The Morgan fingerprint density at radius 1 is 1.24 bits per heavy atom. The number of amides is 1. The molecular weight excluding hydrogens is 358 g/mol. The molecule has 3 aromatic rings. The van der Waals surface area contributed by atoms with Crippen LogP contribution >= 0.6 is 22.9 Å². The van der Waals surface area contributed by atoms with Crippen LogP contribution < -0.4 is 10.1 Å². The van der Waals surface area contributed by atoms with Crippen LogP contribution in [0, 0.1) is 0 Å². The van der Waals surface area contributed by atoms with E-state index in [1.54, 1.807) is 22.2 Å². The molecule has 0 aliphatic carbocycles. The van der Waals surface area contributed by atoms with Crippen molar-refractivity contribution in [2.45, 2.75) is 12.8 Å². The lowest BCUT2D eigenvalue weighted by molar-refractivity contribution is -0.123. The normalized spacial score (nSPS) is 10.6. The van der Waals surface area contributed by atoms with Gasteiger partial charge in [-0.05, 0) is 36.4 Å². The number of hydrogen-bond donors (Lipinski definition) is 1. The highest BCUT2D eigenvalue weighted by molar-refractivity contribution is 7.09. The average molecular weight is 376 g/mol. The molecule has 0 atom stereocenters. The summed E-state index contributed by atoms with van der Waals surface area (Å²) in [6.07, 6.45) is 3.52. The molecule has 0 bridgehead atoms. The van der Waals surface area contributed by atoms with Gasteiger partial charge in [0.05, 0.1) is 11.9 Å². The molecule has 130 valence electrons. The molecule has 0 unspecified atom stereocenters. The minimum atomic E-state index is -0.184. The summed E-state index contributed by atoms with van der Waals surface area (Å²) in [5.41, 5.74) is 0.872. The van der Waals surface area contributed by atoms with Crippen LogP contribution in [0.25, 0.3) is 5.69 Å². The van der Waals surface area contributed by atoms with Crippen LogP contribution in [-0.4, -0.2) is 28.8 Å². The van der Waals surface area contributed by atoms with E-state index < -0.39 is 0 Å². The third-order valence-corrected chi connectivity index (χ3v) is 4.70. The highest BCUT2D eigenvalue weighted by Gasteiger charge is 2.11. The Hall–Kier alpha value is -2.31. The first-order chi connectivity index (χ1) is 12.2. The predicted molar refractivity (Wildman–Crippen MR) is 99.7 cm³/mol. The van der Waals surface area contributed by atoms with Crippen molar-refractivity contribution in [3.8, 4) is 11.6 Å². The number of nitrogens with one attached hydrogen (secondary N) is 1. The van der Waals surface area contributed by atoms with Gasteiger partial charge in [-0.15, -0.1) is 16.4 Å². The molecule has 0 saturated heterocycles. The molecule has 2 heterocycles. The van der Waals surface area contributed by atoms with E-state index in [4.69, 9.17) is 16.3 Å². The number of halogens is 1. The minimum absolute atomic E-state index is 0.107. The third-order valence-electron chi connectivity index (χ3n) is 3.50. The molecule has 2 aromatic heterocycles. The summed E-state index contributed by atoms with van der Waals surface area (Å²) in [6, 6.07) is 13.7. The first-order valence-electron chi connectivity index (χ1n) is 7.95. The molecule has 0 aliphatic rings. The number of aromatic nitrogens is 2. The van der Waals surface area contributed by atoms with Gasteiger partial charge in [0.25, 0.3) is 11.8 Å². The maximum atomic E-state index is 11.9. The van der Waals surface area contributed by atoms with Gasteiger partial charge < -0.3 is 10.1 Å². The van der Waals surface area contributed by atoms with Crippen LogP contribution in [0.15, 0.2) is 54.0 Å². The van der Waals surface area contributed by atoms with Gasteiger partial charge in [-0.25, -0.2) is 4.68 Å². The zero-order valence-electron chi connectivity index (χ0n) is 13.5. The average Bonchev–Trinajstić information content (AvgIpc) is 3.27. The van der Waals surface area contributed by atoms with Crippen molar-refractivity contribution in [1.82, 2.24) is 15.1 Å². The first kappa shape index (κ1) is 17.5. The number of rotatable bonds is 8. The van der Waals surface area contributed by atoms with E-state index in [1.807, 2.05) is 36.4 Å². The van der Waals surface area contributed by atoms with Crippen LogP contribution in [0.3, 0.4) is 0 Å². The van der Waals surface area contributed by atoms with Crippen molar-refractivity contribution < 1.29 is 9.53 Å². The number of thiophene rings is 1. The molecule has 0 aliphatic heterocycles. The Labute approximate surface area is 155 Å². The Morgan fingerprint density at radius 3 is 2.84 bits per heavy atom. The largest absolute Gasteiger partial charge is 0.465 e. The topological polar surface area (TPSA) is 56.1 Å². The van der Waals surface area contributed by atoms with Crippen molar-refractivity contribution >= 4 is 28.8 Å². The molecule has 0 radical (unpaired) electrons. The van der Waals surface area contributed by atoms with Crippen LogP contribution in [0.1, 0.15) is 11.3 Å². The maximum Gasteiger partial charge on any atom is 0.258 e. The van der Waals surface area contributed by atoms with E-state index in [2.05, 4.69) is 21.9 Å². The van der Waals surface area contributed by atoms with Crippen molar-refractivity contribution in [3.63, 3.8) is 0 Å². The van der Waals surface area contributed by atoms with Gasteiger partial charge in [0.15, 0.2) is 6.61 Å². The zero-order valence-corrected chi connectivity index (χ0v) is 15.1. The molecule has 25 heavy (non-hydrogen) atoms. The zero-order chi connectivity index (χ0) is 17.5. The lowest BCUT2D eigenvalue weighted by Gasteiger charge is -2.05. The van der Waals surface area contributed by atoms with Crippen LogP contribution in [-0.2, 0) is 11.2 Å². The SMILES string of the molecule is O=C(COc1nn(-c2ccccc2)cc1Cl)NCCCc1cccs1. The molecule has 0 spiro atoms. The summed E-state index contributed by atoms with van der Waals surface area (Å²) >= 11 is 7.85. The van der Waals surface area contributed by atoms with E-state index >= 15 is 0 Å². The number of nitrogens with zero attached hydrogens (tertiary/aromatic N) is 2. The molecule has 3 rings (SSSR count). The summed E-state index contributed by atoms with van der Waals surface area (Å²) in [5, 5.41) is 9.53. The number of para-hydroxylation sites is 1. The third kappa shape index (κ3) is 5.08. The highest BCUT2D eigenvalue weighted by atomic mass is 35.5. The van der Waals surface area contributed by atoms with Crippen LogP contribution in [0.2, 0.25) is 5.02 Å². The van der Waals surface area contributed by atoms with Crippen molar-refractivity contribution in [1.29, 1.82) is 0 Å². The molecule has 1 aromatic carbocycles. The number of hydrogen-bond acceptors (Lipinski definition) is 4. The highest BCUT2D eigenvalue weighted by Crippen LogP contribution is 2.23. The van der Waals surface area contributed by atoms with E-state index in [9.17, 15) is 4.79 Å². The van der Waals surface area contributed by atoms with Gasteiger partial charge in [-0.2, -0.15) is 0 Å². The van der Waals surface area contributed by atoms with E-state index in [1.165, 1.54) is 4.88 Å². The summed E-state index contributed by atoms with van der Waals surface area (Å²) < 4.78 is 7.05. The Kier molecular flexibility index (Phi) is 6.09. The number of carbonyl (C=O) groups is 1. The second kappa shape index (κ2) is 8.69. The molecule has 1 amide bonds. The van der Waals surface area contributed by atoms with Crippen molar-refractivity contribution in [2.24, 2.45) is 0 Å². The van der Waals surface area contributed by atoms with Crippen molar-refractivity contribution in [3.05, 3.63) is 63.9 Å². The second-order valence-electron chi connectivity index (χ2n) is 5.38. The summed E-state index contributed by atoms with van der Waals surface area (Å²) in [5.74, 6) is 0.0655. The minimum Gasteiger partial charge on any atom is -0.465 e. The smallest absolute Gasteiger partial charge is 0.258 e. The fraction of sp³-hybridized carbons (Fsp3) is 0.222. The van der Waals surface area contributed by atoms with Gasteiger partial charge in [0, 0.05) is 11.4 Å². The summed E-state index contributed by atoms with van der Waals surface area (Å²) in [6.45, 7) is 0.511. The van der Waals surface area contributed by atoms with Crippen LogP contribution in [0.5, 0.6) is 5.88 Å². The van der Waals surface area contributed by atoms with E-state index in [0.29, 0.717) is 11.6 Å². The predicted octanol–water partition coefficient (Wildman–Crippen LogP) is 3.72. The number of ether oxygens (including phenoxy) is 1. The lowest BCUT2D eigenvalue weighted by atomic mass is 10.2. The van der Waals surface area contributed by atoms with E-state index in [0.717, 1.165) is 18.5 Å². The van der Waals surface area contributed by atoms with Gasteiger partial charge in [-0.3, -0.25) is 4.79 Å². The van der Waals surface area contributed by atoms with Gasteiger partial charge in [0.2, 0.25) is 0 Å². The standard InChI is InChI=1S/C18H18ClN3O2S/c19-16-12-22(14-6-2-1-3-7-14)21-18(16)24-13-17(23)20-10-4-8-15-9-5-11-25-15/h1-3,5-7,9,11-12H,4,8,10,13H2,(H,20,23). The molecule has 7 heteroatoms. The summed E-state index contributed by atoms with van der Waals surface area (Å²) in [7, 11) is 0. The van der Waals surface area contributed by atoms with Gasteiger partial charge in [0.1, 0.15) is 5.02 Å². The Morgan fingerprint density at radius 2 is 2.08 bits per heavy atom. The fourth-order valence-electron chi connectivity index (χ4n) is 2.28. The molecule has 5 nitrogen and oxygen atoms in total. The number of carbonyl (C=O) groups excluding carboxylic acids is 1. The van der Waals surface area contributed by atoms with Gasteiger partial charge in [-0.1, -0.05) is 35.9 Å². The number of aryl methyl sites for hydroxylation is 1. The lowest BCUT2D eigenvalue weighted by Crippen LogP contribution is -2.30. The van der Waals surface area contributed by atoms with E-state index in [-0.39, 0.29) is 18.4 Å². The quantitative estimate of drug-likeness (QED) is 0.610. The molecule has 1 N–H and O–H groups in total. The summed E-state index contributed by atoms with van der Waals surface area (Å²) in [4.78, 5) is 13.2. The van der Waals surface area contributed by atoms with Crippen molar-refractivity contribution in [2.75, 3.05) is 13.2 Å². The first-order valence-corrected chi connectivity index (χ1v) is 9.20. The molecular formula is C18H18ClN3O2S. The molecule has 0 saturated carbocycles. The van der Waals surface area contributed by atoms with Gasteiger partial charge >= 0.3 is 0 Å². The van der Waals surface area contributed by atoms with Crippen LogP contribution in [0.4, 0.5) is 0 Å². The monoisotopic (exact) mass is 375 g/mol.